The summed E-state index contributed by atoms with van der Waals surface area (Å²) in [5, 5.41) is 2.91. The molecule has 2 amide bonds. The molecule has 0 radical (unpaired) electrons. The first-order valence-corrected chi connectivity index (χ1v) is 10.1. The third kappa shape index (κ3) is 4.34. The average Bonchev–Trinajstić information content (AvgIpc) is 3.17. The highest BCUT2D eigenvalue weighted by molar-refractivity contribution is 6.03. The fourth-order valence-corrected chi connectivity index (χ4v) is 3.93. The number of nitrogens with zero attached hydrogens (tertiary/aromatic N) is 3. The van der Waals surface area contributed by atoms with Crippen LogP contribution < -0.4 is 19.9 Å². The Hall–Kier alpha value is -3.09. The van der Waals surface area contributed by atoms with Crippen LogP contribution in [0.15, 0.2) is 42.6 Å². The van der Waals surface area contributed by atoms with Crippen LogP contribution in [-0.2, 0) is 9.59 Å². The summed E-state index contributed by atoms with van der Waals surface area (Å²) in [6, 6.07) is 11.2. The first-order valence-electron chi connectivity index (χ1n) is 10.1. The van der Waals surface area contributed by atoms with Crippen molar-refractivity contribution in [2.75, 3.05) is 41.9 Å². The molecule has 0 saturated carbocycles. The summed E-state index contributed by atoms with van der Waals surface area (Å²) in [6.07, 6.45) is 5.55. The molecular weight excluding hydrogens is 368 g/mol. The van der Waals surface area contributed by atoms with Crippen LogP contribution in [0.5, 0.6) is 5.75 Å². The van der Waals surface area contributed by atoms with Crippen molar-refractivity contribution in [1.29, 1.82) is 0 Å². The molecule has 2 aromatic rings. The number of piperidine rings is 1. The predicted molar refractivity (Wildman–Crippen MR) is 112 cm³/mol. The van der Waals surface area contributed by atoms with Crippen LogP contribution in [0.2, 0.25) is 0 Å². The Labute approximate surface area is 170 Å². The first kappa shape index (κ1) is 19.2. The number of carbonyl (C=O) groups is 2. The van der Waals surface area contributed by atoms with Crippen LogP contribution in [0, 0.1) is 5.92 Å². The monoisotopic (exact) mass is 394 g/mol. The molecule has 1 aromatic carbocycles. The number of amides is 2. The van der Waals surface area contributed by atoms with Crippen molar-refractivity contribution in [1.82, 2.24) is 4.98 Å². The SMILES string of the molecule is COc1cccc(N2C[C@H](C(=O)Nc3ccc(N4CCCCC4)nc3)CC2=O)c1. The molecule has 0 spiro atoms. The molecule has 29 heavy (non-hydrogen) atoms. The second-order valence-electron chi connectivity index (χ2n) is 7.55. The average molecular weight is 394 g/mol. The number of ether oxygens (including phenoxy) is 1. The lowest BCUT2D eigenvalue weighted by molar-refractivity contribution is -0.122. The zero-order chi connectivity index (χ0) is 20.2. The minimum atomic E-state index is -0.393. The van der Waals surface area contributed by atoms with Gasteiger partial charge in [0.1, 0.15) is 11.6 Å². The van der Waals surface area contributed by atoms with Crippen molar-refractivity contribution < 1.29 is 14.3 Å². The molecule has 1 aromatic heterocycles. The highest BCUT2D eigenvalue weighted by Crippen LogP contribution is 2.28. The van der Waals surface area contributed by atoms with Gasteiger partial charge in [0.15, 0.2) is 0 Å². The van der Waals surface area contributed by atoms with Gasteiger partial charge in [-0.25, -0.2) is 4.98 Å². The lowest BCUT2D eigenvalue weighted by Gasteiger charge is -2.27. The molecule has 1 atom stereocenters. The maximum Gasteiger partial charge on any atom is 0.229 e. The van der Waals surface area contributed by atoms with E-state index in [9.17, 15) is 9.59 Å². The summed E-state index contributed by atoms with van der Waals surface area (Å²) < 4.78 is 5.23. The molecule has 7 nitrogen and oxygen atoms in total. The third-order valence-electron chi connectivity index (χ3n) is 5.56. The van der Waals surface area contributed by atoms with Gasteiger partial charge in [-0.05, 0) is 43.5 Å². The molecule has 2 aliphatic rings. The maximum atomic E-state index is 12.7. The Bertz CT molecular complexity index is 878. The van der Waals surface area contributed by atoms with Crippen LogP contribution >= 0.6 is 0 Å². The van der Waals surface area contributed by atoms with E-state index in [2.05, 4.69) is 15.2 Å². The lowest BCUT2D eigenvalue weighted by atomic mass is 10.1. The van der Waals surface area contributed by atoms with Crippen molar-refractivity contribution >= 4 is 29.0 Å². The van der Waals surface area contributed by atoms with Crippen LogP contribution in [0.3, 0.4) is 0 Å². The number of aromatic nitrogens is 1. The fraction of sp³-hybridized carbons (Fsp3) is 0.409. The number of anilines is 3. The van der Waals surface area contributed by atoms with Crippen LogP contribution in [0.1, 0.15) is 25.7 Å². The molecule has 1 N–H and O–H groups in total. The van der Waals surface area contributed by atoms with Gasteiger partial charge >= 0.3 is 0 Å². The summed E-state index contributed by atoms with van der Waals surface area (Å²) in [6.45, 7) is 2.42. The summed E-state index contributed by atoms with van der Waals surface area (Å²) >= 11 is 0. The second-order valence-corrected chi connectivity index (χ2v) is 7.55. The van der Waals surface area contributed by atoms with Crippen LogP contribution in [0.25, 0.3) is 0 Å². The van der Waals surface area contributed by atoms with E-state index >= 15 is 0 Å². The number of carbonyl (C=O) groups excluding carboxylic acids is 2. The standard InChI is InChI=1S/C22H26N4O3/c1-29-19-7-5-6-18(13-19)26-15-16(12-21(26)27)22(28)24-17-8-9-20(23-14-17)25-10-3-2-4-11-25/h5-9,13-14,16H,2-4,10-12,15H2,1H3,(H,24,28)/t16-/m1/s1. The summed E-state index contributed by atoms with van der Waals surface area (Å²) in [5.41, 5.74) is 1.40. The van der Waals surface area contributed by atoms with Crippen molar-refractivity contribution in [3.05, 3.63) is 42.6 Å². The van der Waals surface area contributed by atoms with Gasteiger partial charge in [0.25, 0.3) is 0 Å². The molecule has 2 fully saturated rings. The largest absolute Gasteiger partial charge is 0.497 e. The molecule has 0 unspecified atom stereocenters. The Morgan fingerprint density at radius 3 is 2.72 bits per heavy atom. The number of methoxy groups -OCH3 is 1. The molecule has 152 valence electrons. The molecule has 4 rings (SSSR count). The van der Waals surface area contributed by atoms with E-state index in [0.29, 0.717) is 18.0 Å². The molecule has 7 heteroatoms. The van der Waals surface area contributed by atoms with Gasteiger partial charge in [0.2, 0.25) is 11.8 Å². The van der Waals surface area contributed by atoms with E-state index in [1.807, 2.05) is 30.3 Å². The van der Waals surface area contributed by atoms with Gasteiger partial charge in [-0.1, -0.05) is 6.07 Å². The molecule has 2 saturated heterocycles. The van der Waals surface area contributed by atoms with Gasteiger partial charge in [-0.3, -0.25) is 9.59 Å². The Kier molecular flexibility index (Phi) is 5.64. The molecule has 0 bridgehead atoms. The normalized spacial score (nSPS) is 19.3. The van der Waals surface area contributed by atoms with Crippen LogP contribution in [-0.4, -0.2) is 43.5 Å². The number of rotatable bonds is 5. The summed E-state index contributed by atoms with van der Waals surface area (Å²) in [4.78, 5) is 33.6. The van der Waals surface area contributed by atoms with Crippen molar-refractivity contribution in [2.24, 2.45) is 5.92 Å². The third-order valence-corrected chi connectivity index (χ3v) is 5.56. The quantitative estimate of drug-likeness (QED) is 0.844. The van der Waals surface area contributed by atoms with Gasteiger partial charge < -0.3 is 19.9 Å². The summed E-state index contributed by atoms with van der Waals surface area (Å²) in [7, 11) is 1.59. The summed E-state index contributed by atoms with van der Waals surface area (Å²) in [5.74, 6) is 1.02. The van der Waals surface area contributed by atoms with Crippen LogP contribution in [0.4, 0.5) is 17.2 Å². The molecule has 2 aliphatic heterocycles. The van der Waals surface area contributed by atoms with E-state index in [-0.39, 0.29) is 18.2 Å². The minimum Gasteiger partial charge on any atom is -0.497 e. The Morgan fingerprint density at radius 1 is 1.17 bits per heavy atom. The fourth-order valence-electron chi connectivity index (χ4n) is 3.93. The first-order chi connectivity index (χ1) is 14.1. The van der Waals surface area contributed by atoms with E-state index in [0.717, 1.165) is 24.6 Å². The van der Waals surface area contributed by atoms with Crippen molar-refractivity contribution in [3.63, 3.8) is 0 Å². The zero-order valence-corrected chi connectivity index (χ0v) is 16.6. The van der Waals surface area contributed by atoms with Gasteiger partial charge in [-0.15, -0.1) is 0 Å². The number of pyridine rings is 1. The van der Waals surface area contributed by atoms with E-state index in [4.69, 9.17) is 4.74 Å². The number of nitrogens with one attached hydrogen (secondary N) is 1. The highest BCUT2D eigenvalue weighted by atomic mass is 16.5. The zero-order valence-electron chi connectivity index (χ0n) is 16.6. The Balaban J connectivity index is 1.38. The van der Waals surface area contributed by atoms with E-state index < -0.39 is 5.92 Å². The minimum absolute atomic E-state index is 0.0584. The van der Waals surface area contributed by atoms with Gasteiger partial charge in [-0.2, -0.15) is 0 Å². The van der Waals surface area contributed by atoms with Crippen molar-refractivity contribution in [3.8, 4) is 5.75 Å². The number of hydrogen-bond donors (Lipinski definition) is 1. The second kappa shape index (κ2) is 8.51. The highest BCUT2D eigenvalue weighted by Gasteiger charge is 2.35. The Morgan fingerprint density at radius 2 is 2.00 bits per heavy atom. The number of hydrogen-bond acceptors (Lipinski definition) is 5. The number of benzene rings is 1. The smallest absolute Gasteiger partial charge is 0.229 e. The van der Waals surface area contributed by atoms with Gasteiger partial charge in [0, 0.05) is 37.8 Å². The van der Waals surface area contributed by atoms with E-state index in [1.165, 1.54) is 19.3 Å². The lowest BCUT2D eigenvalue weighted by Crippen LogP contribution is -2.30. The molecule has 0 aliphatic carbocycles. The van der Waals surface area contributed by atoms with Crippen molar-refractivity contribution in [2.45, 2.75) is 25.7 Å². The van der Waals surface area contributed by atoms with E-state index in [1.54, 1.807) is 24.3 Å². The maximum absolute atomic E-state index is 12.7. The molecular formula is C22H26N4O3. The topological polar surface area (TPSA) is 74.8 Å². The molecule has 3 heterocycles. The van der Waals surface area contributed by atoms with Gasteiger partial charge in [0.05, 0.1) is 24.9 Å². The predicted octanol–water partition coefficient (Wildman–Crippen LogP) is 3.07.